The van der Waals surface area contributed by atoms with Crippen LogP contribution in [0.1, 0.15) is 11.1 Å². The van der Waals surface area contributed by atoms with Gasteiger partial charge in [0, 0.05) is 31.2 Å². The van der Waals surface area contributed by atoms with Gasteiger partial charge in [0.15, 0.2) is 0 Å². The molecule has 8 heteroatoms. The molecule has 3 rings (SSSR count). The van der Waals surface area contributed by atoms with Crippen LogP contribution >= 0.6 is 0 Å². The van der Waals surface area contributed by atoms with Gasteiger partial charge in [-0.1, -0.05) is 6.07 Å². The number of ether oxygens (including phenoxy) is 1. The number of hydrogen-bond acceptors (Lipinski definition) is 5. The van der Waals surface area contributed by atoms with Crippen LogP contribution in [0.5, 0.6) is 0 Å². The third-order valence-corrected chi connectivity index (χ3v) is 5.21. The van der Waals surface area contributed by atoms with Crippen LogP contribution in [0.4, 0.5) is 10.5 Å². The highest BCUT2D eigenvalue weighted by atomic mass is 32.2. The molecule has 1 aliphatic rings. The Labute approximate surface area is 140 Å². The minimum absolute atomic E-state index is 0.0962. The number of sulfonamides is 1. The van der Waals surface area contributed by atoms with Crippen molar-refractivity contribution in [2.45, 2.75) is 17.9 Å². The summed E-state index contributed by atoms with van der Waals surface area (Å²) in [7, 11) is -2.35. The molecule has 24 heavy (non-hydrogen) atoms. The van der Waals surface area contributed by atoms with Gasteiger partial charge in [-0.05, 0) is 41.8 Å². The van der Waals surface area contributed by atoms with Crippen LogP contribution in [-0.4, -0.2) is 38.0 Å². The first-order valence-corrected chi connectivity index (χ1v) is 8.85. The zero-order valence-corrected chi connectivity index (χ0v) is 13.9. The van der Waals surface area contributed by atoms with E-state index in [1.807, 2.05) is 6.07 Å². The largest absolute Gasteiger partial charge is 0.453 e. The van der Waals surface area contributed by atoms with Crippen molar-refractivity contribution in [1.29, 1.82) is 0 Å². The predicted octanol–water partition coefficient (Wildman–Crippen LogP) is 2.01. The number of fused-ring (bicyclic) bond motifs is 1. The molecule has 0 radical (unpaired) electrons. The van der Waals surface area contributed by atoms with Crippen molar-refractivity contribution in [3.8, 4) is 0 Å². The second-order valence-corrected chi connectivity index (χ2v) is 7.10. The lowest BCUT2D eigenvalue weighted by atomic mass is 9.99. The lowest BCUT2D eigenvalue weighted by Crippen LogP contribution is -2.35. The second-order valence-electron chi connectivity index (χ2n) is 5.42. The Bertz CT molecular complexity index is 853. The molecule has 0 aliphatic carbocycles. The normalized spacial score (nSPS) is 14.0. The van der Waals surface area contributed by atoms with E-state index in [4.69, 9.17) is 4.74 Å². The number of nitrogens with one attached hydrogen (secondary N) is 1. The zero-order chi connectivity index (χ0) is 17.2. The van der Waals surface area contributed by atoms with E-state index < -0.39 is 10.0 Å². The number of anilines is 1. The Hall–Kier alpha value is -2.61. The van der Waals surface area contributed by atoms with Gasteiger partial charge in [0.1, 0.15) is 4.90 Å². The summed E-state index contributed by atoms with van der Waals surface area (Å²) in [5, 5.41) is 0. The van der Waals surface area contributed by atoms with Crippen molar-refractivity contribution in [2.75, 3.05) is 18.4 Å². The van der Waals surface area contributed by atoms with E-state index in [1.54, 1.807) is 23.1 Å². The van der Waals surface area contributed by atoms with Crippen LogP contribution in [0.15, 0.2) is 47.6 Å². The Balaban J connectivity index is 1.83. The van der Waals surface area contributed by atoms with Crippen LogP contribution < -0.4 is 4.72 Å². The fraction of sp³-hybridized carbons (Fsp3) is 0.250. The van der Waals surface area contributed by atoms with E-state index in [1.165, 1.54) is 25.6 Å². The number of hydrogen-bond donors (Lipinski definition) is 1. The molecule has 1 aliphatic heterocycles. The Kier molecular flexibility index (Phi) is 4.39. The number of carbonyl (C=O) groups excluding carboxylic acids is 1. The fourth-order valence-electron chi connectivity index (χ4n) is 2.63. The number of methoxy groups -OCH3 is 1. The van der Waals surface area contributed by atoms with Gasteiger partial charge in [-0.25, -0.2) is 13.2 Å². The summed E-state index contributed by atoms with van der Waals surface area (Å²) in [6.45, 7) is 0.977. The molecule has 2 aromatic rings. The highest BCUT2D eigenvalue weighted by molar-refractivity contribution is 7.92. The maximum absolute atomic E-state index is 12.4. The molecule has 0 bridgehead atoms. The van der Waals surface area contributed by atoms with Gasteiger partial charge in [-0.15, -0.1) is 0 Å². The number of carbonyl (C=O) groups is 1. The zero-order valence-electron chi connectivity index (χ0n) is 13.1. The number of aromatic nitrogens is 1. The van der Waals surface area contributed by atoms with Crippen LogP contribution in [-0.2, 0) is 27.7 Å². The van der Waals surface area contributed by atoms with Crippen LogP contribution in [0.2, 0.25) is 0 Å². The van der Waals surface area contributed by atoms with Crippen molar-refractivity contribution in [3.05, 3.63) is 53.9 Å². The van der Waals surface area contributed by atoms with Crippen LogP contribution in [0.25, 0.3) is 0 Å². The molecule has 0 spiro atoms. The number of amides is 1. The average Bonchev–Trinajstić information content (AvgIpc) is 2.61. The highest BCUT2D eigenvalue weighted by Gasteiger charge is 2.22. The van der Waals surface area contributed by atoms with Crippen molar-refractivity contribution >= 4 is 21.8 Å². The quantitative estimate of drug-likeness (QED) is 0.917. The summed E-state index contributed by atoms with van der Waals surface area (Å²) >= 11 is 0. The summed E-state index contributed by atoms with van der Waals surface area (Å²) in [4.78, 5) is 17.2. The summed E-state index contributed by atoms with van der Waals surface area (Å²) in [5.41, 5.74) is 2.45. The van der Waals surface area contributed by atoms with Gasteiger partial charge < -0.3 is 9.64 Å². The summed E-state index contributed by atoms with van der Waals surface area (Å²) in [6, 6.07) is 8.40. The molecule has 0 saturated carbocycles. The lowest BCUT2D eigenvalue weighted by Gasteiger charge is -2.28. The molecular formula is C16H17N3O4S. The van der Waals surface area contributed by atoms with E-state index in [2.05, 4.69) is 9.71 Å². The molecule has 1 N–H and O–H groups in total. The topological polar surface area (TPSA) is 88.6 Å². The van der Waals surface area contributed by atoms with Crippen molar-refractivity contribution in [3.63, 3.8) is 0 Å². The van der Waals surface area contributed by atoms with E-state index in [-0.39, 0.29) is 11.0 Å². The molecule has 2 heterocycles. The minimum Gasteiger partial charge on any atom is -0.453 e. The average molecular weight is 347 g/mol. The van der Waals surface area contributed by atoms with Gasteiger partial charge in [0.25, 0.3) is 10.0 Å². The van der Waals surface area contributed by atoms with Crippen molar-refractivity contribution in [2.24, 2.45) is 0 Å². The first kappa shape index (κ1) is 16.3. The Morgan fingerprint density at radius 2 is 2.12 bits per heavy atom. The highest BCUT2D eigenvalue weighted by Crippen LogP contribution is 2.24. The van der Waals surface area contributed by atoms with Crippen molar-refractivity contribution in [1.82, 2.24) is 9.88 Å². The van der Waals surface area contributed by atoms with Gasteiger partial charge in [0.05, 0.1) is 7.11 Å². The first-order valence-electron chi connectivity index (χ1n) is 7.37. The fourth-order valence-corrected chi connectivity index (χ4v) is 3.64. The minimum atomic E-state index is -3.69. The molecule has 126 valence electrons. The number of benzene rings is 1. The third-order valence-electron chi connectivity index (χ3n) is 3.85. The smallest absolute Gasteiger partial charge is 0.409 e. The summed E-state index contributed by atoms with van der Waals surface area (Å²) < 4.78 is 32.0. The van der Waals surface area contributed by atoms with Gasteiger partial charge in [0.2, 0.25) is 0 Å². The van der Waals surface area contributed by atoms with E-state index in [0.29, 0.717) is 25.2 Å². The Morgan fingerprint density at radius 3 is 2.83 bits per heavy atom. The maximum atomic E-state index is 12.4. The molecule has 1 amide bonds. The molecule has 0 fully saturated rings. The molecule has 1 aromatic carbocycles. The van der Waals surface area contributed by atoms with E-state index in [9.17, 15) is 13.2 Å². The number of pyridine rings is 1. The number of nitrogens with zero attached hydrogens (tertiary/aromatic N) is 2. The molecule has 0 atom stereocenters. The summed E-state index contributed by atoms with van der Waals surface area (Å²) in [5.74, 6) is 0. The lowest BCUT2D eigenvalue weighted by molar-refractivity contribution is 0.118. The van der Waals surface area contributed by atoms with Crippen molar-refractivity contribution < 1.29 is 17.9 Å². The van der Waals surface area contributed by atoms with Crippen LogP contribution in [0.3, 0.4) is 0 Å². The van der Waals surface area contributed by atoms with Crippen LogP contribution in [0, 0.1) is 0 Å². The Morgan fingerprint density at radius 1 is 1.29 bits per heavy atom. The van der Waals surface area contributed by atoms with Gasteiger partial charge >= 0.3 is 6.09 Å². The first-order chi connectivity index (χ1) is 11.5. The molecule has 7 nitrogen and oxygen atoms in total. The second kappa shape index (κ2) is 6.48. The molecular weight excluding hydrogens is 330 g/mol. The van der Waals surface area contributed by atoms with Gasteiger partial charge in [-0.3, -0.25) is 9.71 Å². The maximum Gasteiger partial charge on any atom is 0.409 e. The SMILES string of the molecule is COC(=O)N1CCc2ccc(NS(=O)(=O)c3cccnc3)cc2C1. The third kappa shape index (κ3) is 3.33. The van der Waals surface area contributed by atoms with E-state index in [0.717, 1.165) is 11.1 Å². The van der Waals surface area contributed by atoms with E-state index >= 15 is 0 Å². The predicted molar refractivity (Wildman–Crippen MR) is 88.0 cm³/mol. The number of rotatable bonds is 3. The monoisotopic (exact) mass is 347 g/mol. The molecule has 0 saturated heterocycles. The molecule has 0 unspecified atom stereocenters. The standard InChI is InChI=1S/C16H17N3O4S/c1-23-16(20)19-8-6-12-4-5-14(9-13(12)11-19)18-24(21,22)15-3-2-7-17-10-15/h2-5,7,9-10,18H,6,8,11H2,1H3. The molecule has 1 aromatic heterocycles. The summed E-state index contributed by atoms with van der Waals surface area (Å²) in [6.07, 6.45) is 3.13. The van der Waals surface area contributed by atoms with Gasteiger partial charge in [-0.2, -0.15) is 0 Å².